The van der Waals surface area contributed by atoms with Gasteiger partial charge >= 0.3 is 0 Å². The van der Waals surface area contributed by atoms with E-state index in [4.69, 9.17) is 16.3 Å². The highest BCUT2D eigenvalue weighted by Crippen LogP contribution is 2.31. The van der Waals surface area contributed by atoms with Gasteiger partial charge in [-0.3, -0.25) is 4.31 Å². The van der Waals surface area contributed by atoms with Gasteiger partial charge in [0, 0.05) is 16.5 Å². The lowest BCUT2D eigenvalue weighted by Crippen LogP contribution is -2.26. The summed E-state index contributed by atoms with van der Waals surface area (Å²) in [5, 5.41) is 0.546. The zero-order valence-electron chi connectivity index (χ0n) is 11.4. The first-order valence-electron chi connectivity index (χ1n) is 5.94. The standard InChI is InChI=1S/C14H13BrClNO3S/c1-17(12-6-4-11(16)5-7-12)21(18,19)14-9-10(15)3-8-13(14)20-2/h3-9H,1-2H3. The Labute approximate surface area is 137 Å². The van der Waals surface area contributed by atoms with E-state index in [2.05, 4.69) is 15.9 Å². The van der Waals surface area contributed by atoms with Crippen molar-refractivity contribution in [2.45, 2.75) is 4.90 Å². The van der Waals surface area contributed by atoms with Crippen LogP contribution in [-0.4, -0.2) is 22.6 Å². The summed E-state index contributed by atoms with van der Waals surface area (Å²) in [5.41, 5.74) is 0.515. The van der Waals surface area contributed by atoms with Crippen molar-refractivity contribution in [2.24, 2.45) is 0 Å². The van der Waals surface area contributed by atoms with Crippen LogP contribution < -0.4 is 9.04 Å². The first kappa shape index (κ1) is 16.1. The van der Waals surface area contributed by atoms with Crippen LogP contribution in [0.4, 0.5) is 5.69 Å². The molecule has 0 bridgehead atoms. The van der Waals surface area contributed by atoms with E-state index in [-0.39, 0.29) is 4.90 Å². The van der Waals surface area contributed by atoms with Crippen molar-refractivity contribution in [2.75, 3.05) is 18.5 Å². The predicted molar refractivity (Wildman–Crippen MR) is 87.7 cm³/mol. The van der Waals surface area contributed by atoms with E-state index < -0.39 is 10.0 Å². The number of benzene rings is 2. The Hall–Kier alpha value is -1.24. The average Bonchev–Trinajstić information content (AvgIpc) is 2.47. The summed E-state index contributed by atoms with van der Waals surface area (Å²) in [7, 11) is -0.815. The number of sulfonamides is 1. The van der Waals surface area contributed by atoms with Gasteiger partial charge in [-0.05, 0) is 42.5 Å². The molecule has 0 aromatic heterocycles. The van der Waals surface area contributed by atoms with Crippen LogP contribution in [0.1, 0.15) is 0 Å². The van der Waals surface area contributed by atoms with Crippen molar-refractivity contribution in [3.63, 3.8) is 0 Å². The second-order valence-electron chi connectivity index (χ2n) is 4.24. The molecule has 0 radical (unpaired) electrons. The molecule has 0 atom stereocenters. The van der Waals surface area contributed by atoms with Crippen molar-refractivity contribution in [1.82, 2.24) is 0 Å². The van der Waals surface area contributed by atoms with Crippen molar-refractivity contribution >= 4 is 43.2 Å². The zero-order chi connectivity index (χ0) is 15.6. The van der Waals surface area contributed by atoms with Gasteiger partial charge in [-0.15, -0.1) is 0 Å². The van der Waals surface area contributed by atoms with Gasteiger partial charge in [0.25, 0.3) is 10.0 Å². The predicted octanol–water partition coefficient (Wildman–Crippen LogP) is 3.94. The molecule has 2 aromatic carbocycles. The molecule has 4 nitrogen and oxygen atoms in total. The minimum atomic E-state index is -3.73. The van der Waals surface area contributed by atoms with Crippen LogP contribution in [0.3, 0.4) is 0 Å². The molecule has 0 fully saturated rings. The molecule has 0 spiro atoms. The second kappa shape index (κ2) is 6.25. The third-order valence-electron chi connectivity index (χ3n) is 2.95. The normalized spacial score (nSPS) is 11.2. The smallest absolute Gasteiger partial charge is 0.267 e. The molecular weight excluding hydrogens is 378 g/mol. The van der Waals surface area contributed by atoms with Gasteiger partial charge in [-0.2, -0.15) is 0 Å². The molecule has 0 saturated carbocycles. The fraction of sp³-hybridized carbons (Fsp3) is 0.143. The van der Waals surface area contributed by atoms with Crippen LogP contribution in [-0.2, 0) is 10.0 Å². The van der Waals surface area contributed by atoms with Gasteiger partial charge in [0.15, 0.2) is 0 Å². The molecule has 0 heterocycles. The fourth-order valence-corrected chi connectivity index (χ4v) is 3.80. The van der Waals surface area contributed by atoms with Crippen molar-refractivity contribution < 1.29 is 13.2 Å². The van der Waals surface area contributed by atoms with E-state index in [0.717, 1.165) is 0 Å². The Bertz CT molecular complexity index is 747. The number of methoxy groups -OCH3 is 1. The van der Waals surface area contributed by atoms with Gasteiger partial charge in [0.2, 0.25) is 0 Å². The van der Waals surface area contributed by atoms with E-state index in [1.165, 1.54) is 24.5 Å². The molecule has 0 unspecified atom stereocenters. The highest BCUT2D eigenvalue weighted by Gasteiger charge is 2.25. The topological polar surface area (TPSA) is 46.6 Å². The lowest BCUT2D eigenvalue weighted by Gasteiger charge is -2.21. The first-order chi connectivity index (χ1) is 9.86. The lowest BCUT2D eigenvalue weighted by molar-refractivity contribution is 0.402. The molecule has 7 heteroatoms. The highest BCUT2D eigenvalue weighted by molar-refractivity contribution is 9.10. The molecule has 2 aromatic rings. The molecule has 0 aliphatic heterocycles. The molecule has 0 aliphatic carbocycles. The molecule has 21 heavy (non-hydrogen) atoms. The Morgan fingerprint density at radius 3 is 2.33 bits per heavy atom. The van der Waals surface area contributed by atoms with Crippen molar-refractivity contribution in [3.8, 4) is 5.75 Å². The Balaban J connectivity index is 2.51. The second-order valence-corrected chi connectivity index (χ2v) is 7.53. The van der Waals surface area contributed by atoms with E-state index in [1.807, 2.05) is 0 Å². The highest BCUT2D eigenvalue weighted by atomic mass is 79.9. The largest absolute Gasteiger partial charge is 0.495 e. The van der Waals surface area contributed by atoms with Gasteiger partial charge < -0.3 is 4.74 Å². The molecule has 2 rings (SSSR count). The van der Waals surface area contributed by atoms with Crippen LogP contribution in [0, 0.1) is 0 Å². The minimum absolute atomic E-state index is 0.0943. The number of anilines is 1. The van der Waals surface area contributed by atoms with Crippen molar-refractivity contribution in [3.05, 3.63) is 52.0 Å². The summed E-state index contributed by atoms with van der Waals surface area (Å²) in [5.74, 6) is 0.291. The van der Waals surface area contributed by atoms with Crippen LogP contribution in [0.2, 0.25) is 5.02 Å². The summed E-state index contributed by atoms with van der Waals surface area (Å²) < 4.78 is 32.5. The number of hydrogen-bond acceptors (Lipinski definition) is 3. The molecule has 112 valence electrons. The maximum Gasteiger partial charge on any atom is 0.267 e. The summed E-state index contributed by atoms with van der Waals surface area (Å²) in [6, 6.07) is 11.4. The molecule has 0 N–H and O–H groups in total. The van der Waals surface area contributed by atoms with Gasteiger partial charge in [-0.1, -0.05) is 27.5 Å². The van der Waals surface area contributed by atoms with Crippen LogP contribution in [0.5, 0.6) is 5.75 Å². The number of hydrogen-bond donors (Lipinski definition) is 0. The first-order valence-corrected chi connectivity index (χ1v) is 8.55. The van der Waals surface area contributed by atoms with E-state index in [1.54, 1.807) is 36.4 Å². The Morgan fingerprint density at radius 2 is 1.76 bits per heavy atom. The Kier molecular flexibility index (Phi) is 4.81. The maximum absolute atomic E-state index is 12.7. The van der Waals surface area contributed by atoms with E-state index in [0.29, 0.717) is 20.9 Å². The number of nitrogens with zero attached hydrogens (tertiary/aromatic N) is 1. The molecule has 0 saturated heterocycles. The number of ether oxygens (including phenoxy) is 1. The molecular formula is C14H13BrClNO3S. The SMILES string of the molecule is COc1ccc(Br)cc1S(=O)(=O)N(C)c1ccc(Cl)cc1. The minimum Gasteiger partial charge on any atom is -0.495 e. The summed E-state index contributed by atoms with van der Waals surface area (Å²) in [4.78, 5) is 0.0943. The summed E-state index contributed by atoms with van der Waals surface area (Å²) in [6.45, 7) is 0. The quantitative estimate of drug-likeness (QED) is 0.794. The number of halogens is 2. The van der Waals surface area contributed by atoms with E-state index >= 15 is 0 Å². The monoisotopic (exact) mass is 389 g/mol. The third kappa shape index (κ3) is 3.33. The van der Waals surface area contributed by atoms with Crippen LogP contribution in [0.15, 0.2) is 51.8 Å². The summed E-state index contributed by atoms with van der Waals surface area (Å²) in [6.07, 6.45) is 0. The fourth-order valence-electron chi connectivity index (χ4n) is 1.79. The molecule has 0 amide bonds. The zero-order valence-corrected chi connectivity index (χ0v) is 14.5. The average molecular weight is 391 g/mol. The maximum atomic E-state index is 12.7. The van der Waals surface area contributed by atoms with Crippen molar-refractivity contribution in [1.29, 1.82) is 0 Å². The third-order valence-corrected chi connectivity index (χ3v) is 5.51. The Morgan fingerprint density at radius 1 is 1.14 bits per heavy atom. The van der Waals surface area contributed by atoms with Gasteiger partial charge in [0.05, 0.1) is 12.8 Å². The van der Waals surface area contributed by atoms with Gasteiger partial charge in [-0.25, -0.2) is 8.42 Å². The van der Waals surface area contributed by atoms with Crippen LogP contribution in [0.25, 0.3) is 0 Å². The van der Waals surface area contributed by atoms with Gasteiger partial charge in [0.1, 0.15) is 10.6 Å². The lowest BCUT2D eigenvalue weighted by atomic mass is 10.3. The van der Waals surface area contributed by atoms with E-state index in [9.17, 15) is 8.42 Å². The summed E-state index contributed by atoms with van der Waals surface area (Å²) >= 11 is 9.10. The number of rotatable bonds is 4. The van der Waals surface area contributed by atoms with Crippen LogP contribution >= 0.6 is 27.5 Å². The molecule has 0 aliphatic rings.